The van der Waals surface area contributed by atoms with E-state index in [-0.39, 0.29) is 27.9 Å². The summed E-state index contributed by atoms with van der Waals surface area (Å²) in [5.41, 5.74) is 3.28. The van der Waals surface area contributed by atoms with Crippen LogP contribution in [0.15, 0.2) is 91.0 Å². The number of amides is 3. The lowest BCUT2D eigenvalue weighted by Crippen LogP contribution is -2.29. The average Bonchev–Trinajstić information content (AvgIpc) is 3.15. The van der Waals surface area contributed by atoms with Crippen LogP contribution in [0, 0.1) is 6.92 Å². The van der Waals surface area contributed by atoms with Crippen molar-refractivity contribution in [2.24, 2.45) is 0 Å². The molecule has 1 aliphatic heterocycles. The molecular weight excluding hydrogens is 470 g/mol. The van der Waals surface area contributed by atoms with Crippen molar-refractivity contribution in [1.82, 2.24) is 0 Å². The SMILES string of the molecule is Cc1ccc(NC(=O)c2cc(Nc3ccccc3)cc(N3C(=O)c4ccc(C(=O)O)cc4C3=O)c2)cc1. The number of hydrogen-bond donors (Lipinski definition) is 3. The molecule has 0 aliphatic carbocycles. The molecule has 3 amide bonds. The van der Waals surface area contributed by atoms with Gasteiger partial charge in [-0.3, -0.25) is 14.4 Å². The van der Waals surface area contributed by atoms with Gasteiger partial charge in [-0.05, 0) is 67.6 Å². The monoisotopic (exact) mass is 491 g/mol. The van der Waals surface area contributed by atoms with Crippen molar-refractivity contribution in [2.75, 3.05) is 15.5 Å². The Bertz CT molecular complexity index is 1560. The van der Waals surface area contributed by atoms with Crippen LogP contribution in [0.5, 0.6) is 0 Å². The summed E-state index contributed by atoms with van der Waals surface area (Å²) >= 11 is 0. The highest BCUT2D eigenvalue weighted by Crippen LogP contribution is 2.33. The number of carbonyl (C=O) groups excluding carboxylic acids is 3. The molecule has 0 fully saturated rings. The van der Waals surface area contributed by atoms with Crippen molar-refractivity contribution >= 4 is 46.4 Å². The maximum Gasteiger partial charge on any atom is 0.335 e. The molecule has 3 N–H and O–H groups in total. The van der Waals surface area contributed by atoms with E-state index < -0.39 is 23.7 Å². The lowest BCUT2D eigenvalue weighted by atomic mass is 10.1. The third-order valence-electron chi connectivity index (χ3n) is 5.94. The van der Waals surface area contributed by atoms with Gasteiger partial charge in [-0.2, -0.15) is 0 Å². The van der Waals surface area contributed by atoms with Gasteiger partial charge in [0.2, 0.25) is 0 Å². The van der Waals surface area contributed by atoms with Gasteiger partial charge in [0, 0.05) is 22.6 Å². The molecule has 0 unspecified atom stereocenters. The number of carboxylic acids is 1. The summed E-state index contributed by atoms with van der Waals surface area (Å²) in [5, 5.41) is 15.3. The fourth-order valence-corrected chi connectivity index (χ4v) is 4.08. The number of imide groups is 1. The number of benzene rings is 4. The number of hydrogen-bond acceptors (Lipinski definition) is 5. The van der Waals surface area contributed by atoms with Gasteiger partial charge in [-0.15, -0.1) is 0 Å². The predicted molar refractivity (Wildman–Crippen MR) is 140 cm³/mol. The van der Waals surface area contributed by atoms with E-state index in [1.165, 1.54) is 24.3 Å². The number of aryl methyl sites for hydroxylation is 1. The Labute approximate surface area is 212 Å². The van der Waals surface area contributed by atoms with Crippen molar-refractivity contribution in [3.8, 4) is 0 Å². The summed E-state index contributed by atoms with van der Waals surface area (Å²) in [6.45, 7) is 1.94. The molecule has 0 saturated carbocycles. The first kappa shape index (κ1) is 23.5. The highest BCUT2D eigenvalue weighted by atomic mass is 16.4. The molecule has 1 aliphatic rings. The lowest BCUT2D eigenvalue weighted by Gasteiger charge is -2.18. The number of anilines is 4. The second-order valence-corrected chi connectivity index (χ2v) is 8.59. The van der Waals surface area contributed by atoms with Gasteiger partial charge in [0.1, 0.15) is 0 Å². The number of nitrogens with one attached hydrogen (secondary N) is 2. The summed E-state index contributed by atoms with van der Waals surface area (Å²) in [6.07, 6.45) is 0. The van der Waals surface area contributed by atoms with Crippen LogP contribution in [0.4, 0.5) is 22.7 Å². The number of aromatic carboxylic acids is 1. The Morgan fingerprint density at radius 2 is 1.41 bits per heavy atom. The maximum absolute atomic E-state index is 13.2. The van der Waals surface area contributed by atoms with Crippen LogP contribution in [0.25, 0.3) is 0 Å². The third kappa shape index (κ3) is 4.68. The average molecular weight is 492 g/mol. The van der Waals surface area contributed by atoms with Crippen molar-refractivity contribution < 1.29 is 24.3 Å². The minimum absolute atomic E-state index is 0.00280. The zero-order valence-electron chi connectivity index (χ0n) is 19.7. The summed E-state index contributed by atoms with van der Waals surface area (Å²) in [5.74, 6) is -2.89. The minimum Gasteiger partial charge on any atom is -0.478 e. The predicted octanol–water partition coefficient (Wildman–Crippen LogP) is 5.49. The topological polar surface area (TPSA) is 116 Å². The quantitative estimate of drug-likeness (QED) is 0.307. The van der Waals surface area contributed by atoms with Crippen molar-refractivity contribution in [2.45, 2.75) is 6.92 Å². The summed E-state index contributed by atoms with van der Waals surface area (Å²) in [4.78, 5) is 52.0. The standard InChI is InChI=1S/C29H21N3O5/c1-17-7-10-21(11-8-17)31-26(33)19-13-22(30-20-5-3-2-4-6-20)16-23(14-19)32-27(34)24-12-9-18(29(36)37)15-25(24)28(32)35/h2-16,30H,1H3,(H,31,33)(H,36,37). The van der Waals surface area contributed by atoms with Gasteiger partial charge in [-0.1, -0.05) is 35.9 Å². The Balaban J connectivity index is 1.54. The number of carbonyl (C=O) groups is 4. The van der Waals surface area contributed by atoms with Crippen molar-refractivity contribution in [1.29, 1.82) is 0 Å². The van der Waals surface area contributed by atoms with E-state index in [1.54, 1.807) is 24.3 Å². The zero-order chi connectivity index (χ0) is 26.1. The molecule has 5 rings (SSSR count). The molecule has 4 aromatic rings. The van der Waals surface area contributed by atoms with Crippen molar-refractivity contribution in [3.63, 3.8) is 0 Å². The van der Waals surface area contributed by atoms with Gasteiger partial charge >= 0.3 is 5.97 Å². The molecule has 8 nitrogen and oxygen atoms in total. The molecule has 0 spiro atoms. The van der Waals surface area contributed by atoms with E-state index in [4.69, 9.17) is 0 Å². The second kappa shape index (κ2) is 9.43. The Morgan fingerprint density at radius 3 is 2.11 bits per heavy atom. The van der Waals surface area contributed by atoms with Crippen LogP contribution < -0.4 is 15.5 Å². The molecule has 1 heterocycles. The van der Waals surface area contributed by atoms with Gasteiger partial charge < -0.3 is 15.7 Å². The van der Waals surface area contributed by atoms with E-state index in [0.717, 1.165) is 16.2 Å². The van der Waals surface area contributed by atoms with Crippen LogP contribution >= 0.6 is 0 Å². The Hall–Kier alpha value is -5.24. The van der Waals surface area contributed by atoms with E-state index in [0.29, 0.717) is 11.4 Å². The fraction of sp³-hybridized carbons (Fsp3) is 0.0345. The van der Waals surface area contributed by atoms with E-state index in [1.807, 2.05) is 49.4 Å². The number of nitrogens with zero attached hydrogens (tertiary/aromatic N) is 1. The van der Waals surface area contributed by atoms with Crippen LogP contribution in [0.1, 0.15) is 47.0 Å². The van der Waals surface area contributed by atoms with Gasteiger partial charge in [0.25, 0.3) is 17.7 Å². The number of fused-ring (bicyclic) bond motifs is 1. The number of para-hydroxylation sites is 1. The molecular formula is C29H21N3O5. The van der Waals surface area contributed by atoms with E-state index in [9.17, 15) is 24.3 Å². The summed E-state index contributed by atoms with van der Waals surface area (Å²) < 4.78 is 0. The molecule has 37 heavy (non-hydrogen) atoms. The Kier molecular flexibility index (Phi) is 5.99. The summed E-state index contributed by atoms with van der Waals surface area (Å²) in [6, 6.07) is 25.0. The van der Waals surface area contributed by atoms with E-state index >= 15 is 0 Å². The van der Waals surface area contributed by atoms with Crippen LogP contribution in [-0.2, 0) is 0 Å². The largest absolute Gasteiger partial charge is 0.478 e. The normalized spacial score (nSPS) is 12.3. The molecule has 8 heteroatoms. The molecule has 0 bridgehead atoms. The zero-order valence-corrected chi connectivity index (χ0v) is 19.7. The van der Waals surface area contributed by atoms with Crippen LogP contribution in [-0.4, -0.2) is 28.8 Å². The highest BCUT2D eigenvalue weighted by molar-refractivity contribution is 6.35. The molecule has 182 valence electrons. The van der Waals surface area contributed by atoms with Gasteiger partial charge in [0.05, 0.1) is 22.4 Å². The lowest BCUT2D eigenvalue weighted by molar-refractivity contribution is 0.0696. The van der Waals surface area contributed by atoms with Crippen LogP contribution in [0.2, 0.25) is 0 Å². The molecule has 0 atom stereocenters. The fourth-order valence-electron chi connectivity index (χ4n) is 4.08. The number of carboxylic acid groups (broad SMARTS) is 1. The second-order valence-electron chi connectivity index (χ2n) is 8.59. The minimum atomic E-state index is -1.20. The molecule has 4 aromatic carbocycles. The van der Waals surface area contributed by atoms with Gasteiger partial charge in [0.15, 0.2) is 0 Å². The van der Waals surface area contributed by atoms with Gasteiger partial charge in [-0.25, -0.2) is 9.69 Å². The highest BCUT2D eigenvalue weighted by Gasteiger charge is 2.37. The smallest absolute Gasteiger partial charge is 0.335 e. The molecule has 0 saturated heterocycles. The number of rotatable bonds is 6. The molecule has 0 radical (unpaired) electrons. The Morgan fingerprint density at radius 1 is 0.703 bits per heavy atom. The van der Waals surface area contributed by atoms with E-state index in [2.05, 4.69) is 10.6 Å². The first-order chi connectivity index (χ1) is 17.8. The first-order valence-electron chi connectivity index (χ1n) is 11.4. The maximum atomic E-state index is 13.2. The summed E-state index contributed by atoms with van der Waals surface area (Å²) in [7, 11) is 0. The third-order valence-corrected chi connectivity index (χ3v) is 5.94. The first-order valence-corrected chi connectivity index (χ1v) is 11.4. The van der Waals surface area contributed by atoms with Crippen LogP contribution in [0.3, 0.4) is 0 Å². The van der Waals surface area contributed by atoms with Crippen molar-refractivity contribution in [3.05, 3.63) is 119 Å². The molecule has 0 aromatic heterocycles.